The van der Waals surface area contributed by atoms with Crippen LogP contribution in [0.15, 0.2) is 0 Å². The molecule has 7 heteroatoms. The number of rotatable bonds is 5. The summed E-state index contributed by atoms with van der Waals surface area (Å²) >= 11 is 0. The van der Waals surface area contributed by atoms with Crippen molar-refractivity contribution >= 4 is 6.29 Å². The van der Waals surface area contributed by atoms with Gasteiger partial charge in [-0.2, -0.15) is 0 Å². The van der Waals surface area contributed by atoms with Crippen LogP contribution in [0, 0.1) is 0 Å². The number of aldehydes is 1. The summed E-state index contributed by atoms with van der Waals surface area (Å²) < 4.78 is 0. The molecular formula is C6H13NO6. The number of carbonyl (C=O) groups is 1. The molecule has 0 radical (unpaired) electrons. The molecule has 0 saturated carbocycles. The van der Waals surface area contributed by atoms with E-state index >= 15 is 0 Å². The fraction of sp³-hybridized carbons (Fsp3) is 0.833. The number of nitrogens with two attached hydrogens (primary N) is 1. The van der Waals surface area contributed by atoms with Crippen molar-refractivity contribution in [3.8, 4) is 0 Å². The van der Waals surface area contributed by atoms with Crippen molar-refractivity contribution < 1.29 is 30.3 Å². The first-order valence-corrected chi connectivity index (χ1v) is 3.49. The summed E-state index contributed by atoms with van der Waals surface area (Å²) in [6, 6.07) is 0. The Kier molecular flexibility index (Phi) is 4.40. The van der Waals surface area contributed by atoms with E-state index in [1.165, 1.54) is 0 Å². The second-order valence-corrected chi connectivity index (χ2v) is 2.69. The number of aliphatic hydroxyl groups is 5. The maximum atomic E-state index is 10.1. The fourth-order valence-electron chi connectivity index (χ4n) is 0.662. The van der Waals surface area contributed by atoms with Gasteiger partial charge in [-0.25, -0.2) is 0 Å². The topological polar surface area (TPSA) is 144 Å². The molecule has 0 aliphatic heterocycles. The lowest BCUT2D eigenvalue weighted by molar-refractivity contribution is -0.163. The summed E-state index contributed by atoms with van der Waals surface area (Å²) in [4.78, 5) is 10.1. The summed E-state index contributed by atoms with van der Waals surface area (Å²) in [5.74, 6) is 0. The average Bonchev–Trinajstić information content (AvgIpc) is 2.14. The zero-order chi connectivity index (χ0) is 10.6. The van der Waals surface area contributed by atoms with Crippen LogP contribution in [-0.2, 0) is 4.79 Å². The van der Waals surface area contributed by atoms with Gasteiger partial charge >= 0.3 is 0 Å². The molecule has 7 nitrogen and oxygen atoms in total. The maximum Gasteiger partial charge on any atom is 0.199 e. The van der Waals surface area contributed by atoms with E-state index in [1.807, 2.05) is 0 Å². The quantitative estimate of drug-likeness (QED) is 0.193. The monoisotopic (exact) mass is 195 g/mol. The third kappa shape index (κ3) is 2.99. The standard InChI is InChI=1S/C6H13NO6/c7-6(13,2-9)5(12)4(11)3(10)1-8/h2-5,8,10-13H,1,7H2/t3-,4+,5+,6+/m1/s1. The lowest BCUT2D eigenvalue weighted by Gasteiger charge is -2.28. The molecule has 13 heavy (non-hydrogen) atoms. The Morgan fingerprint density at radius 3 is 2.15 bits per heavy atom. The minimum absolute atomic E-state index is 0.176. The predicted octanol–water partition coefficient (Wildman–Crippen LogP) is -4.09. The van der Waals surface area contributed by atoms with Gasteiger partial charge in [0.1, 0.15) is 18.3 Å². The summed E-state index contributed by atoms with van der Waals surface area (Å²) in [5, 5.41) is 44.1. The van der Waals surface area contributed by atoms with E-state index in [1.54, 1.807) is 0 Å². The molecule has 0 aliphatic rings. The van der Waals surface area contributed by atoms with E-state index < -0.39 is 30.6 Å². The Labute approximate surface area is 74.0 Å². The molecule has 0 unspecified atom stereocenters. The maximum absolute atomic E-state index is 10.1. The summed E-state index contributed by atoms with van der Waals surface area (Å²) in [6.45, 7) is -0.826. The Morgan fingerprint density at radius 1 is 1.38 bits per heavy atom. The third-order valence-electron chi connectivity index (χ3n) is 1.57. The van der Waals surface area contributed by atoms with Gasteiger partial charge in [-0.1, -0.05) is 0 Å². The normalized spacial score (nSPS) is 22.9. The zero-order valence-electron chi connectivity index (χ0n) is 6.74. The van der Waals surface area contributed by atoms with Crippen LogP contribution in [0.3, 0.4) is 0 Å². The highest BCUT2D eigenvalue weighted by Gasteiger charge is 2.39. The second-order valence-electron chi connectivity index (χ2n) is 2.69. The van der Waals surface area contributed by atoms with Gasteiger partial charge in [0.05, 0.1) is 6.61 Å². The Morgan fingerprint density at radius 2 is 1.85 bits per heavy atom. The number of aliphatic hydroxyl groups excluding tert-OH is 4. The smallest absolute Gasteiger partial charge is 0.199 e. The SMILES string of the molecule is N[C@](O)(C=O)[C@@H](O)[C@@H](O)[C@H](O)CO. The van der Waals surface area contributed by atoms with Gasteiger partial charge < -0.3 is 25.5 Å². The van der Waals surface area contributed by atoms with Crippen LogP contribution in [0.25, 0.3) is 0 Å². The molecule has 0 fully saturated rings. The van der Waals surface area contributed by atoms with Crippen LogP contribution in [0.5, 0.6) is 0 Å². The zero-order valence-corrected chi connectivity index (χ0v) is 6.74. The average molecular weight is 195 g/mol. The minimum atomic E-state index is -2.64. The molecular weight excluding hydrogens is 182 g/mol. The molecule has 0 aromatic heterocycles. The Hall–Kier alpha value is -0.570. The van der Waals surface area contributed by atoms with Gasteiger partial charge in [0.15, 0.2) is 12.0 Å². The fourth-order valence-corrected chi connectivity index (χ4v) is 0.662. The van der Waals surface area contributed by atoms with E-state index in [0.29, 0.717) is 0 Å². The number of hydrogen-bond acceptors (Lipinski definition) is 7. The predicted molar refractivity (Wildman–Crippen MR) is 40.3 cm³/mol. The summed E-state index contributed by atoms with van der Waals surface area (Å²) in [5.41, 5.74) is 2.19. The molecule has 0 bridgehead atoms. The first kappa shape index (κ1) is 12.4. The molecule has 78 valence electrons. The third-order valence-corrected chi connectivity index (χ3v) is 1.57. The minimum Gasteiger partial charge on any atom is -0.394 e. The summed E-state index contributed by atoms with van der Waals surface area (Å²) in [6.07, 6.45) is -5.81. The van der Waals surface area contributed by atoms with E-state index in [0.717, 1.165) is 0 Å². The summed E-state index contributed by atoms with van der Waals surface area (Å²) in [7, 11) is 0. The van der Waals surface area contributed by atoms with E-state index in [2.05, 4.69) is 0 Å². The highest BCUT2D eigenvalue weighted by Crippen LogP contribution is 2.08. The molecule has 0 saturated heterocycles. The van der Waals surface area contributed by atoms with E-state index in [9.17, 15) is 4.79 Å². The van der Waals surface area contributed by atoms with Crippen LogP contribution in [-0.4, -0.2) is 62.5 Å². The largest absolute Gasteiger partial charge is 0.394 e. The lowest BCUT2D eigenvalue weighted by atomic mass is 10.00. The number of hydrogen-bond donors (Lipinski definition) is 6. The van der Waals surface area contributed by atoms with Crippen LogP contribution in [0.1, 0.15) is 0 Å². The van der Waals surface area contributed by atoms with Crippen molar-refractivity contribution in [3.63, 3.8) is 0 Å². The Balaban J connectivity index is 4.40. The van der Waals surface area contributed by atoms with Gasteiger partial charge in [0.25, 0.3) is 0 Å². The van der Waals surface area contributed by atoms with Gasteiger partial charge in [0, 0.05) is 0 Å². The van der Waals surface area contributed by atoms with Crippen molar-refractivity contribution in [1.82, 2.24) is 0 Å². The van der Waals surface area contributed by atoms with Crippen molar-refractivity contribution in [2.24, 2.45) is 5.73 Å². The van der Waals surface area contributed by atoms with E-state index in [4.69, 9.17) is 31.3 Å². The molecule has 7 N–H and O–H groups in total. The molecule has 0 amide bonds. The van der Waals surface area contributed by atoms with Gasteiger partial charge in [0.2, 0.25) is 0 Å². The first-order valence-electron chi connectivity index (χ1n) is 3.49. The number of carbonyl (C=O) groups excluding carboxylic acids is 1. The van der Waals surface area contributed by atoms with Crippen molar-refractivity contribution in [2.45, 2.75) is 24.0 Å². The van der Waals surface area contributed by atoms with Crippen molar-refractivity contribution in [1.29, 1.82) is 0 Å². The van der Waals surface area contributed by atoms with Crippen molar-refractivity contribution in [2.75, 3.05) is 6.61 Å². The molecule has 0 aromatic rings. The molecule has 0 spiro atoms. The highest BCUT2D eigenvalue weighted by molar-refractivity contribution is 5.62. The van der Waals surface area contributed by atoms with Gasteiger partial charge in [-0.05, 0) is 0 Å². The van der Waals surface area contributed by atoms with Crippen LogP contribution < -0.4 is 5.73 Å². The van der Waals surface area contributed by atoms with Gasteiger partial charge in [-0.15, -0.1) is 0 Å². The van der Waals surface area contributed by atoms with Crippen LogP contribution in [0.4, 0.5) is 0 Å². The molecule has 0 rings (SSSR count). The molecule has 0 heterocycles. The van der Waals surface area contributed by atoms with Crippen LogP contribution in [0.2, 0.25) is 0 Å². The Bertz CT molecular complexity index is 173. The molecule has 4 atom stereocenters. The van der Waals surface area contributed by atoms with E-state index in [-0.39, 0.29) is 6.29 Å². The molecule has 0 aliphatic carbocycles. The first-order chi connectivity index (χ1) is 5.86. The van der Waals surface area contributed by atoms with Crippen LogP contribution >= 0.6 is 0 Å². The lowest BCUT2D eigenvalue weighted by Crippen LogP contribution is -2.60. The highest BCUT2D eigenvalue weighted by atomic mass is 16.4. The molecule has 0 aromatic carbocycles. The second kappa shape index (κ2) is 4.61. The van der Waals surface area contributed by atoms with Gasteiger partial charge in [-0.3, -0.25) is 10.5 Å². The van der Waals surface area contributed by atoms with Crippen molar-refractivity contribution in [3.05, 3.63) is 0 Å².